The van der Waals surface area contributed by atoms with E-state index in [0.29, 0.717) is 5.56 Å². The highest BCUT2D eigenvalue weighted by atomic mass is 32.2. The number of amides is 1. The van der Waals surface area contributed by atoms with Crippen LogP contribution in [0.2, 0.25) is 0 Å². The molecule has 0 aliphatic carbocycles. The van der Waals surface area contributed by atoms with E-state index in [1.807, 2.05) is 70.0 Å². The molecule has 4 rings (SSSR count). The van der Waals surface area contributed by atoms with Gasteiger partial charge in [0.05, 0.1) is 19.0 Å². The largest absolute Gasteiger partial charge is 0.497 e. The van der Waals surface area contributed by atoms with Crippen LogP contribution < -0.4 is 4.74 Å². The highest BCUT2D eigenvalue weighted by Crippen LogP contribution is 2.23. The maximum Gasteiger partial charge on any atom is 0.259 e. The summed E-state index contributed by atoms with van der Waals surface area (Å²) in [6.45, 7) is 1.56. The Morgan fingerprint density at radius 2 is 1.81 bits per heavy atom. The highest BCUT2D eigenvalue weighted by Gasteiger charge is 2.25. The number of carbonyl (C=O) groups excluding carboxylic acids is 1. The second-order valence-corrected chi connectivity index (χ2v) is 7.21. The van der Waals surface area contributed by atoms with Crippen LogP contribution in [0, 0.1) is 0 Å². The third-order valence-corrected chi connectivity index (χ3v) is 5.38. The number of nitrogens with zero attached hydrogens (tertiary/aromatic N) is 4. The molecule has 2 aromatic heterocycles. The molecule has 0 spiro atoms. The van der Waals surface area contributed by atoms with Gasteiger partial charge in [0.2, 0.25) is 0 Å². The fourth-order valence-corrected chi connectivity index (χ4v) is 3.97. The van der Waals surface area contributed by atoms with Crippen molar-refractivity contribution in [2.75, 3.05) is 31.7 Å². The number of ether oxygens (including phenoxy) is 1. The van der Waals surface area contributed by atoms with E-state index in [1.165, 1.54) is 0 Å². The van der Waals surface area contributed by atoms with Crippen LogP contribution in [-0.4, -0.2) is 56.9 Å². The summed E-state index contributed by atoms with van der Waals surface area (Å²) in [4.78, 5) is 15.0. The molecule has 7 heteroatoms. The molecular weight excluding hydrogens is 348 g/mol. The Balaban J connectivity index is 1.77. The van der Waals surface area contributed by atoms with Crippen molar-refractivity contribution in [1.82, 2.24) is 19.2 Å². The molecule has 3 aromatic rings. The van der Waals surface area contributed by atoms with Crippen LogP contribution in [-0.2, 0) is 0 Å². The number of thioether (sulfide) groups is 1. The van der Waals surface area contributed by atoms with Crippen LogP contribution in [0.25, 0.3) is 11.5 Å². The zero-order valence-electron chi connectivity index (χ0n) is 14.5. The smallest absolute Gasteiger partial charge is 0.259 e. The van der Waals surface area contributed by atoms with Gasteiger partial charge in [-0.25, -0.2) is 4.68 Å². The Morgan fingerprint density at radius 3 is 2.46 bits per heavy atom. The van der Waals surface area contributed by atoms with E-state index in [-0.39, 0.29) is 5.91 Å². The third-order valence-electron chi connectivity index (χ3n) is 4.44. The van der Waals surface area contributed by atoms with Crippen molar-refractivity contribution in [2.45, 2.75) is 0 Å². The Bertz CT molecular complexity index is 881. The average molecular weight is 368 g/mol. The second kappa shape index (κ2) is 7.29. The molecule has 134 valence electrons. The number of carbonyl (C=O) groups is 1. The number of aromatic nitrogens is 3. The van der Waals surface area contributed by atoms with E-state index < -0.39 is 0 Å². The quantitative estimate of drug-likeness (QED) is 0.711. The van der Waals surface area contributed by atoms with Gasteiger partial charge in [0.25, 0.3) is 5.91 Å². The third kappa shape index (κ3) is 3.10. The summed E-state index contributed by atoms with van der Waals surface area (Å²) in [5.74, 6) is 3.54. The first-order valence-electron chi connectivity index (χ1n) is 8.51. The predicted octanol–water partition coefficient (Wildman–Crippen LogP) is 2.86. The van der Waals surface area contributed by atoms with Crippen molar-refractivity contribution in [2.24, 2.45) is 0 Å². The molecule has 1 aliphatic rings. The molecule has 1 aromatic carbocycles. The fourth-order valence-electron chi connectivity index (χ4n) is 3.07. The lowest BCUT2D eigenvalue weighted by molar-refractivity contribution is 0.0772. The molecule has 3 heterocycles. The van der Waals surface area contributed by atoms with E-state index in [9.17, 15) is 4.79 Å². The van der Waals surface area contributed by atoms with Crippen LogP contribution >= 0.6 is 11.8 Å². The lowest BCUT2D eigenvalue weighted by atomic mass is 10.2. The Morgan fingerprint density at radius 1 is 1.12 bits per heavy atom. The first-order valence-corrected chi connectivity index (χ1v) is 9.66. The summed E-state index contributed by atoms with van der Waals surface area (Å²) in [5.41, 5.74) is 1.49. The van der Waals surface area contributed by atoms with E-state index >= 15 is 0 Å². The van der Waals surface area contributed by atoms with Crippen molar-refractivity contribution in [1.29, 1.82) is 0 Å². The fraction of sp³-hybridized carbons (Fsp3) is 0.263. The number of rotatable bonds is 4. The van der Waals surface area contributed by atoms with Crippen molar-refractivity contribution in [3.8, 4) is 17.3 Å². The Labute approximate surface area is 156 Å². The van der Waals surface area contributed by atoms with Crippen molar-refractivity contribution in [3.63, 3.8) is 0 Å². The normalized spacial score (nSPS) is 14.4. The molecule has 0 N–H and O–H groups in total. The molecule has 1 amide bonds. The van der Waals surface area contributed by atoms with Gasteiger partial charge >= 0.3 is 0 Å². The standard InChI is InChI=1S/C19H20N4O2S/c1-25-16-6-4-15(5-7-16)23-18(21-8-2-3-9-21)17(14-20-23)19(24)22-10-12-26-13-11-22/h2-9,14H,10-13H2,1H3. The summed E-state index contributed by atoms with van der Waals surface area (Å²) >= 11 is 1.89. The van der Waals surface area contributed by atoms with Gasteiger partial charge in [-0.15, -0.1) is 0 Å². The first kappa shape index (κ1) is 16.8. The summed E-state index contributed by atoms with van der Waals surface area (Å²) < 4.78 is 8.96. The molecule has 0 radical (unpaired) electrons. The molecular formula is C19H20N4O2S. The van der Waals surface area contributed by atoms with Gasteiger partial charge in [-0.1, -0.05) is 0 Å². The molecule has 1 fully saturated rings. The van der Waals surface area contributed by atoms with Crippen molar-refractivity contribution < 1.29 is 9.53 Å². The average Bonchev–Trinajstić information content (AvgIpc) is 3.37. The maximum absolute atomic E-state index is 13.1. The zero-order valence-corrected chi connectivity index (χ0v) is 15.4. The summed E-state index contributed by atoms with van der Waals surface area (Å²) in [6.07, 6.45) is 5.53. The maximum atomic E-state index is 13.1. The first-order chi connectivity index (χ1) is 12.8. The molecule has 0 atom stereocenters. The number of hydrogen-bond donors (Lipinski definition) is 0. The predicted molar refractivity (Wildman–Crippen MR) is 103 cm³/mol. The second-order valence-electron chi connectivity index (χ2n) is 5.99. The summed E-state index contributed by atoms with van der Waals surface area (Å²) in [7, 11) is 1.64. The minimum atomic E-state index is 0.0359. The number of methoxy groups -OCH3 is 1. The zero-order chi connectivity index (χ0) is 17.9. The van der Waals surface area contributed by atoms with Gasteiger partial charge < -0.3 is 14.2 Å². The van der Waals surface area contributed by atoms with Gasteiger partial charge in [-0.2, -0.15) is 16.9 Å². The highest BCUT2D eigenvalue weighted by molar-refractivity contribution is 7.99. The van der Waals surface area contributed by atoms with Crippen LogP contribution in [0.3, 0.4) is 0 Å². The van der Waals surface area contributed by atoms with Gasteiger partial charge in [-0.05, 0) is 36.4 Å². The van der Waals surface area contributed by atoms with Crippen LogP contribution in [0.4, 0.5) is 0 Å². The van der Waals surface area contributed by atoms with Crippen molar-refractivity contribution in [3.05, 3.63) is 60.6 Å². The number of benzene rings is 1. The van der Waals surface area contributed by atoms with E-state index in [4.69, 9.17) is 4.74 Å². The molecule has 6 nitrogen and oxygen atoms in total. The Kier molecular flexibility index (Phi) is 4.71. The minimum absolute atomic E-state index is 0.0359. The number of hydrogen-bond acceptors (Lipinski definition) is 4. The minimum Gasteiger partial charge on any atom is -0.497 e. The topological polar surface area (TPSA) is 52.3 Å². The molecule has 1 saturated heterocycles. The molecule has 26 heavy (non-hydrogen) atoms. The molecule has 0 bridgehead atoms. The molecule has 0 unspecified atom stereocenters. The Hall–Kier alpha value is -2.67. The van der Waals surface area contributed by atoms with Crippen LogP contribution in [0.15, 0.2) is 55.0 Å². The lowest BCUT2D eigenvalue weighted by Gasteiger charge is -2.26. The van der Waals surface area contributed by atoms with E-state index in [2.05, 4.69) is 5.10 Å². The molecule has 1 aliphatic heterocycles. The lowest BCUT2D eigenvalue weighted by Crippen LogP contribution is -2.38. The van der Waals surface area contributed by atoms with E-state index in [1.54, 1.807) is 18.0 Å². The van der Waals surface area contributed by atoms with Gasteiger partial charge in [0, 0.05) is 37.0 Å². The monoisotopic (exact) mass is 368 g/mol. The SMILES string of the molecule is COc1ccc(-n2ncc(C(=O)N3CCSCC3)c2-n2cccc2)cc1. The van der Waals surface area contributed by atoms with Crippen LogP contribution in [0.5, 0.6) is 5.75 Å². The summed E-state index contributed by atoms with van der Waals surface area (Å²) in [5, 5.41) is 4.52. The van der Waals surface area contributed by atoms with Gasteiger partial charge in [-0.3, -0.25) is 4.79 Å². The van der Waals surface area contributed by atoms with Gasteiger partial charge in [0.15, 0.2) is 5.82 Å². The summed E-state index contributed by atoms with van der Waals surface area (Å²) in [6, 6.07) is 11.5. The van der Waals surface area contributed by atoms with E-state index in [0.717, 1.165) is 41.8 Å². The van der Waals surface area contributed by atoms with Crippen molar-refractivity contribution >= 4 is 17.7 Å². The van der Waals surface area contributed by atoms with Gasteiger partial charge in [0.1, 0.15) is 11.3 Å². The molecule has 0 saturated carbocycles. The van der Waals surface area contributed by atoms with Crippen LogP contribution in [0.1, 0.15) is 10.4 Å².